The third-order valence-electron chi connectivity index (χ3n) is 7.06. The maximum Gasteiger partial charge on any atom is 0.173 e. The summed E-state index contributed by atoms with van der Waals surface area (Å²) in [6, 6.07) is 6.18. The van der Waals surface area contributed by atoms with Gasteiger partial charge in [0.2, 0.25) is 0 Å². The Balaban J connectivity index is 1.41. The van der Waals surface area contributed by atoms with Crippen LogP contribution >= 0.6 is 0 Å². The van der Waals surface area contributed by atoms with Gasteiger partial charge in [-0.1, -0.05) is 5.16 Å². The van der Waals surface area contributed by atoms with Crippen LogP contribution in [0.25, 0.3) is 38.9 Å². The Labute approximate surface area is 217 Å². The monoisotopic (exact) mass is 509 g/mol. The average Bonchev–Trinajstić information content (AvgIpc) is 3.16. The molecule has 0 spiro atoms. The Kier molecular flexibility index (Phi) is 4.84. The predicted octanol–water partition coefficient (Wildman–Crippen LogP) is 5.24. The van der Waals surface area contributed by atoms with Crippen molar-refractivity contribution in [3.05, 3.63) is 53.7 Å². The first-order valence-corrected chi connectivity index (χ1v) is 12.6. The lowest BCUT2D eigenvalue weighted by atomic mass is 10.0. The minimum Gasteiger partial charge on any atom is -0.496 e. The van der Waals surface area contributed by atoms with E-state index < -0.39 is 0 Å². The summed E-state index contributed by atoms with van der Waals surface area (Å²) in [5.74, 6) is 4.83. The number of H-pyrrole nitrogens is 1. The van der Waals surface area contributed by atoms with E-state index in [-0.39, 0.29) is 0 Å². The smallest absolute Gasteiger partial charge is 0.173 e. The number of anilines is 2. The SMILES string of the molecule is COc1cc2c(cc1-c1c(C)noc1C)[nH]c1nc(C)nc(Nc3cc(C4CC4)nn3-c3cn(C)cn3)c12. The largest absolute Gasteiger partial charge is 0.496 e. The van der Waals surface area contributed by atoms with Crippen molar-refractivity contribution in [2.45, 2.75) is 39.5 Å². The van der Waals surface area contributed by atoms with E-state index in [9.17, 15) is 0 Å². The molecule has 2 N–H and O–H groups in total. The van der Waals surface area contributed by atoms with Crippen LogP contribution in [0, 0.1) is 20.8 Å². The molecule has 192 valence electrons. The Hall–Kier alpha value is -4.67. The molecule has 5 heterocycles. The van der Waals surface area contributed by atoms with Crippen LogP contribution in [-0.2, 0) is 7.05 Å². The zero-order valence-corrected chi connectivity index (χ0v) is 21.8. The van der Waals surface area contributed by atoms with Crippen LogP contribution in [0.1, 0.15) is 41.7 Å². The molecule has 6 aromatic rings. The molecule has 1 aliphatic carbocycles. The Morgan fingerprint density at radius 2 is 1.97 bits per heavy atom. The van der Waals surface area contributed by atoms with E-state index in [0.717, 1.165) is 74.7 Å². The fourth-order valence-corrected chi connectivity index (χ4v) is 5.13. The quantitative estimate of drug-likeness (QED) is 0.312. The van der Waals surface area contributed by atoms with Gasteiger partial charge in [-0.25, -0.2) is 15.0 Å². The highest BCUT2D eigenvalue weighted by atomic mass is 16.5. The summed E-state index contributed by atoms with van der Waals surface area (Å²) in [6.45, 7) is 5.72. The number of aryl methyl sites for hydroxylation is 4. The molecular weight excluding hydrogens is 482 g/mol. The molecule has 0 bridgehead atoms. The first kappa shape index (κ1) is 22.5. The van der Waals surface area contributed by atoms with Gasteiger partial charge in [-0.15, -0.1) is 0 Å². The summed E-state index contributed by atoms with van der Waals surface area (Å²) in [6.07, 6.45) is 6.03. The van der Waals surface area contributed by atoms with Gasteiger partial charge in [0, 0.05) is 41.7 Å². The number of hydrogen-bond donors (Lipinski definition) is 2. The zero-order chi connectivity index (χ0) is 26.1. The van der Waals surface area contributed by atoms with Gasteiger partial charge in [0.15, 0.2) is 5.82 Å². The first-order valence-electron chi connectivity index (χ1n) is 12.6. The van der Waals surface area contributed by atoms with E-state index >= 15 is 0 Å². The van der Waals surface area contributed by atoms with Crippen molar-refractivity contribution in [1.29, 1.82) is 0 Å². The second-order valence-corrected chi connectivity index (χ2v) is 9.93. The van der Waals surface area contributed by atoms with Crippen molar-refractivity contribution in [2.75, 3.05) is 12.4 Å². The summed E-state index contributed by atoms with van der Waals surface area (Å²) in [5, 5.41) is 14.4. The zero-order valence-electron chi connectivity index (χ0n) is 21.8. The summed E-state index contributed by atoms with van der Waals surface area (Å²) in [4.78, 5) is 17.5. The van der Waals surface area contributed by atoms with Crippen molar-refractivity contribution in [3.63, 3.8) is 0 Å². The normalized spacial score (nSPS) is 13.6. The minimum absolute atomic E-state index is 0.493. The molecule has 0 amide bonds. The number of benzene rings is 1. The molecular formula is C27H27N9O2. The highest BCUT2D eigenvalue weighted by Crippen LogP contribution is 2.43. The summed E-state index contributed by atoms with van der Waals surface area (Å²) in [5.41, 5.74) is 5.35. The molecule has 38 heavy (non-hydrogen) atoms. The third kappa shape index (κ3) is 3.53. The van der Waals surface area contributed by atoms with Crippen molar-refractivity contribution < 1.29 is 9.26 Å². The molecule has 0 aliphatic heterocycles. The Morgan fingerprint density at radius 1 is 1.13 bits per heavy atom. The molecule has 1 aromatic carbocycles. The molecule has 1 fully saturated rings. The molecule has 1 saturated carbocycles. The molecule has 0 atom stereocenters. The van der Waals surface area contributed by atoms with Gasteiger partial charge in [0.1, 0.15) is 34.6 Å². The second-order valence-electron chi connectivity index (χ2n) is 9.93. The molecule has 0 unspecified atom stereocenters. The lowest BCUT2D eigenvalue weighted by Gasteiger charge is -2.11. The number of rotatable bonds is 6. The predicted molar refractivity (Wildman–Crippen MR) is 143 cm³/mol. The number of nitrogens with zero attached hydrogens (tertiary/aromatic N) is 7. The van der Waals surface area contributed by atoms with E-state index in [2.05, 4.69) is 32.6 Å². The molecule has 0 saturated heterocycles. The van der Waals surface area contributed by atoms with Crippen LogP contribution in [0.2, 0.25) is 0 Å². The van der Waals surface area contributed by atoms with E-state index in [1.807, 2.05) is 49.3 Å². The number of ether oxygens (including phenoxy) is 1. The third-order valence-corrected chi connectivity index (χ3v) is 7.06. The van der Waals surface area contributed by atoms with Crippen molar-refractivity contribution in [1.82, 2.24) is 39.4 Å². The maximum absolute atomic E-state index is 5.83. The number of imidazole rings is 1. The van der Waals surface area contributed by atoms with Crippen molar-refractivity contribution in [2.24, 2.45) is 7.05 Å². The molecule has 7 rings (SSSR count). The summed E-state index contributed by atoms with van der Waals surface area (Å²) in [7, 11) is 3.62. The lowest BCUT2D eigenvalue weighted by molar-refractivity contribution is 0.393. The van der Waals surface area contributed by atoms with Gasteiger partial charge in [0.05, 0.1) is 35.8 Å². The van der Waals surface area contributed by atoms with E-state index in [1.54, 1.807) is 13.4 Å². The van der Waals surface area contributed by atoms with Crippen molar-refractivity contribution in [3.8, 4) is 22.7 Å². The Morgan fingerprint density at radius 3 is 2.66 bits per heavy atom. The fraction of sp³-hybridized carbons (Fsp3) is 0.296. The number of methoxy groups -OCH3 is 1. The summed E-state index contributed by atoms with van der Waals surface area (Å²) < 4.78 is 15.0. The minimum atomic E-state index is 0.493. The summed E-state index contributed by atoms with van der Waals surface area (Å²) >= 11 is 0. The lowest BCUT2D eigenvalue weighted by Crippen LogP contribution is -2.05. The van der Waals surface area contributed by atoms with Gasteiger partial charge < -0.3 is 24.1 Å². The topological polar surface area (TPSA) is 125 Å². The Bertz CT molecular complexity index is 1830. The van der Waals surface area contributed by atoms with Crippen LogP contribution in [0.5, 0.6) is 5.75 Å². The number of hydrogen-bond acceptors (Lipinski definition) is 8. The van der Waals surface area contributed by atoms with Gasteiger partial charge in [0.25, 0.3) is 0 Å². The number of nitrogens with one attached hydrogen (secondary N) is 2. The highest BCUT2D eigenvalue weighted by molar-refractivity contribution is 6.13. The van der Waals surface area contributed by atoms with Gasteiger partial charge in [-0.3, -0.25) is 0 Å². The fourth-order valence-electron chi connectivity index (χ4n) is 5.13. The first-order chi connectivity index (χ1) is 18.4. The molecule has 11 heteroatoms. The van der Waals surface area contributed by atoms with Gasteiger partial charge >= 0.3 is 0 Å². The number of fused-ring (bicyclic) bond motifs is 3. The average molecular weight is 510 g/mol. The van der Waals surface area contributed by atoms with Gasteiger partial charge in [-0.2, -0.15) is 9.78 Å². The number of aromatic amines is 1. The van der Waals surface area contributed by atoms with Crippen molar-refractivity contribution >= 4 is 33.6 Å². The van der Waals surface area contributed by atoms with E-state index in [4.69, 9.17) is 24.3 Å². The van der Waals surface area contributed by atoms with Gasteiger partial charge in [-0.05, 0) is 45.7 Å². The van der Waals surface area contributed by atoms with Crippen LogP contribution in [-0.4, -0.2) is 46.5 Å². The number of aromatic nitrogens is 8. The maximum atomic E-state index is 5.83. The van der Waals surface area contributed by atoms with E-state index in [0.29, 0.717) is 23.3 Å². The van der Waals surface area contributed by atoms with E-state index in [1.165, 1.54) is 0 Å². The van der Waals surface area contributed by atoms with Crippen LogP contribution in [0.3, 0.4) is 0 Å². The molecule has 5 aromatic heterocycles. The highest BCUT2D eigenvalue weighted by Gasteiger charge is 2.28. The van der Waals surface area contributed by atoms with Crippen LogP contribution in [0.4, 0.5) is 11.6 Å². The van der Waals surface area contributed by atoms with Crippen LogP contribution < -0.4 is 10.1 Å². The second kappa shape index (κ2) is 8.17. The van der Waals surface area contributed by atoms with Crippen LogP contribution in [0.15, 0.2) is 35.2 Å². The molecule has 11 nitrogen and oxygen atoms in total. The standard InChI is InChI=1S/C27H27N9O2/c1-13-24(14(2)38-34-13)18-8-20-17(9-21(18)37-5)25-26(31-20)29-15(3)30-27(25)32-22-10-19(16-6-7-16)33-36(22)23-11-35(4)12-28-23/h8-12,16H,6-7H2,1-5H3,(H2,29,30,31,32). The molecule has 1 aliphatic rings. The molecule has 0 radical (unpaired) electrons.